The molecule has 1 fully saturated rings. The minimum Gasteiger partial charge on any atom is -0.356 e. The average Bonchev–Trinajstić information content (AvgIpc) is 2.68. The van der Waals surface area contributed by atoms with Crippen molar-refractivity contribution in [3.63, 3.8) is 0 Å². The fraction of sp³-hybridized carbons (Fsp3) is 0.348. The Morgan fingerprint density at radius 1 is 1.00 bits per heavy atom. The zero-order chi connectivity index (χ0) is 19.5. The third-order valence-corrected chi connectivity index (χ3v) is 5.57. The first-order valence-corrected chi connectivity index (χ1v) is 10.2. The number of piperidine rings is 1. The van der Waals surface area contributed by atoms with E-state index in [9.17, 15) is 0 Å². The molecule has 0 N–H and O–H groups in total. The van der Waals surface area contributed by atoms with E-state index in [2.05, 4.69) is 39.1 Å². The van der Waals surface area contributed by atoms with Gasteiger partial charge in [0.15, 0.2) is 0 Å². The molecule has 1 aliphatic rings. The van der Waals surface area contributed by atoms with Crippen molar-refractivity contribution in [2.24, 2.45) is 0 Å². The van der Waals surface area contributed by atoms with Crippen LogP contribution in [0.25, 0.3) is 0 Å². The Hall–Kier alpha value is -2.46. The van der Waals surface area contributed by atoms with Crippen LogP contribution >= 0.6 is 11.6 Å². The molecular weight excluding hydrogens is 368 g/mol. The van der Waals surface area contributed by atoms with E-state index in [4.69, 9.17) is 16.6 Å². The standard InChI is InChI=1S/C23H25ClN4/c1-16-12-23(27-17(2)26-16)28-10-8-20(9-11-28)22-7-6-19(15-25-22)13-18-4-3-5-21(24)14-18/h3-7,12,14-15,20H,8-11,13H2,1-2H3. The molecule has 0 saturated carbocycles. The van der Waals surface area contributed by atoms with E-state index >= 15 is 0 Å². The lowest BCUT2D eigenvalue weighted by atomic mass is 9.92. The van der Waals surface area contributed by atoms with Gasteiger partial charge in [0.25, 0.3) is 0 Å². The molecule has 1 aromatic carbocycles. The van der Waals surface area contributed by atoms with Crippen LogP contribution in [0, 0.1) is 13.8 Å². The summed E-state index contributed by atoms with van der Waals surface area (Å²) in [6.45, 7) is 6.00. The highest BCUT2D eigenvalue weighted by atomic mass is 35.5. The van der Waals surface area contributed by atoms with Gasteiger partial charge in [0, 0.05) is 47.7 Å². The van der Waals surface area contributed by atoms with Gasteiger partial charge in [0.1, 0.15) is 11.6 Å². The molecule has 28 heavy (non-hydrogen) atoms. The summed E-state index contributed by atoms with van der Waals surface area (Å²) in [6.07, 6.45) is 5.07. The maximum absolute atomic E-state index is 6.08. The molecule has 2 aromatic heterocycles. The average molecular weight is 393 g/mol. The molecule has 144 valence electrons. The van der Waals surface area contributed by atoms with Crippen LogP contribution in [-0.4, -0.2) is 28.0 Å². The Morgan fingerprint density at radius 3 is 2.50 bits per heavy atom. The molecule has 0 atom stereocenters. The van der Waals surface area contributed by atoms with Crippen LogP contribution < -0.4 is 4.90 Å². The summed E-state index contributed by atoms with van der Waals surface area (Å²) in [5.41, 5.74) is 4.66. The molecule has 4 rings (SSSR count). The van der Waals surface area contributed by atoms with Crippen LogP contribution in [0.15, 0.2) is 48.7 Å². The normalized spacial score (nSPS) is 15.0. The Morgan fingerprint density at radius 2 is 1.82 bits per heavy atom. The largest absolute Gasteiger partial charge is 0.356 e. The first-order chi connectivity index (χ1) is 13.6. The van der Waals surface area contributed by atoms with Crippen LogP contribution in [0.4, 0.5) is 5.82 Å². The van der Waals surface area contributed by atoms with Crippen molar-refractivity contribution < 1.29 is 0 Å². The Kier molecular flexibility index (Phi) is 5.58. The molecule has 4 nitrogen and oxygen atoms in total. The van der Waals surface area contributed by atoms with Crippen molar-refractivity contribution in [2.45, 2.75) is 39.0 Å². The molecule has 0 amide bonds. The number of hydrogen-bond acceptors (Lipinski definition) is 4. The number of rotatable bonds is 4. The summed E-state index contributed by atoms with van der Waals surface area (Å²) in [7, 11) is 0. The van der Waals surface area contributed by atoms with Gasteiger partial charge in [-0.05, 0) is 62.4 Å². The number of anilines is 1. The van der Waals surface area contributed by atoms with Gasteiger partial charge in [-0.25, -0.2) is 9.97 Å². The number of aryl methyl sites for hydroxylation is 2. The molecule has 3 heterocycles. The smallest absolute Gasteiger partial charge is 0.132 e. The van der Waals surface area contributed by atoms with E-state index in [0.717, 1.165) is 54.7 Å². The first-order valence-electron chi connectivity index (χ1n) is 9.83. The molecule has 0 radical (unpaired) electrons. The zero-order valence-corrected chi connectivity index (χ0v) is 17.2. The van der Waals surface area contributed by atoms with Crippen LogP contribution in [0.2, 0.25) is 5.02 Å². The van der Waals surface area contributed by atoms with Crippen molar-refractivity contribution in [1.29, 1.82) is 0 Å². The number of aromatic nitrogens is 3. The summed E-state index contributed by atoms with van der Waals surface area (Å²) in [5.74, 6) is 2.41. The minimum atomic E-state index is 0.514. The van der Waals surface area contributed by atoms with E-state index in [1.54, 1.807) is 0 Å². The number of benzene rings is 1. The van der Waals surface area contributed by atoms with Crippen LogP contribution in [0.5, 0.6) is 0 Å². The Bertz CT molecular complexity index is 927. The number of halogens is 1. The summed E-state index contributed by atoms with van der Waals surface area (Å²) < 4.78 is 0. The molecule has 0 aliphatic carbocycles. The van der Waals surface area contributed by atoms with Crippen LogP contribution in [-0.2, 0) is 6.42 Å². The van der Waals surface area contributed by atoms with Gasteiger partial charge in [-0.15, -0.1) is 0 Å². The Balaban J connectivity index is 1.38. The lowest BCUT2D eigenvalue weighted by molar-refractivity contribution is 0.493. The van der Waals surface area contributed by atoms with E-state index in [0.29, 0.717) is 5.92 Å². The number of nitrogens with zero attached hydrogens (tertiary/aromatic N) is 4. The van der Waals surface area contributed by atoms with Gasteiger partial charge < -0.3 is 4.90 Å². The predicted molar refractivity (Wildman–Crippen MR) is 114 cm³/mol. The fourth-order valence-corrected chi connectivity index (χ4v) is 4.14. The van der Waals surface area contributed by atoms with Crippen LogP contribution in [0.3, 0.4) is 0 Å². The van der Waals surface area contributed by atoms with Gasteiger partial charge in [-0.2, -0.15) is 0 Å². The highest BCUT2D eigenvalue weighted by Crippen LogP contribution is 2.29. The summed E-state index contributed by atoms with van der Waals surface area (Å²) in [4.78, 5) is 16.1. The van der Waals surface area contributed by atoms with E-state index in [-0.39, 0.29) is 0 Å². The molecule has 0 unspecified atom stereocenters. The summed E-state index contributed by atoms with van der Waals surface area (Å²) in [5, 5.41) is 0.780. The highest BCUT2D eigenvalue weighted by molar-refractivity contribution is 6.30. The lowest BCUT2D eigenvalue weighted by Crippen LogP contribution is -2.34. The van der Waals surface area contributed by atoms with Crippen molar-refractivity contribution in [3.8, 4) is 0 Å². The zero-order valence-electron chi connectivity index (χ0n) is 16.4. The van der Waals surface area contributed by atoms with Crippen molar-refractivity contribution in [1.82, 2.24) is 15.0 Å². The maximum atomic E-state index is 6.08. The van der Waals surface area contributed by atoms with Gasteiger partial charge in [0.2, 0.25) is 0 Å². The molecule has 1 aliphatic heterocycles. The summed E-state index contributed by atoms with van der Waals surface area (Å²) >= 11 is 6.08. The Labute approximate surface area is 171 Å². The molecule has 1 saturated heterocycles. The molecule has 0 bridgehead atoms. The second-order valence-electron chi connectivity index (χ2n) is 7.57. The third-order valence-electron chi connectivity index (χ3n) is 5.33. The SMILES string of the molecule is Cc1cc(N2CCC(c3ccc(Cc4cccc(Cl)c4)cn3)CC2)nc(C)n1. The quantitative estimate of drug-likeness (QED) is 0.618. The van der Waals surface area contributed by atoms with E-state index in [1.807, 2.05) is 38.2 Å². The number of hydrogen-bond donors (Lipinski definition) is 0. The topological polar surface area (TPSA) is 41.9 Å². The molecule has 3 aromatic rings. The van der Waals surface area contributed by atoms with E-state index in [1.165, 1.54) is 16.8 Å². The monoisotopic (exact) mass is 392 g/mol. The predicted octanol–water partition coefficient (Wildman–Crippen LogP) is 5.12. The highest BCUT2D eigenvalue weighted by Gasteiger charge is 2.22. The second-order valence-corrected chi connectivity index (χ2v) is 8.01. The molecule has 5 heteroatoms. The van der Waals surface area contributed by atoms with Gasteiger partial charge >= 0.3 is 0 Å². The van der Waals surface area contributed by atoms with Crippen LogP contribution in [0.1, 0.15) is 47.1 Å². The second kappa shape index (κ2) is 8.27. The lowest BCUT2D eigenvalue weighted by Gasteiger charge is -2.32. The molecule has 0 spiro atoms. The van der Waals surface area contributed by atoms with Gasteiger partial charge in [-0.3, -0.25) is 4.98 Å². The summed E-state index contributed by atoms with van der Waals surface area (Å²) in [6, 6.07) is 14.5. The van der Waals surface area contributed by atoms with Gasteiger partial charge in [-0.1, -0.05) is 29.8 Å². The van der Waals surface area contributed by atoms with Crippen molar-refractivity contribution in [2.75, 3.05) is 18.0 Å². The fourth-order valence-electron chi connectivity index (χ4n) is 3.93. The van der Waals surface area contributed by atoms with E-state index < -0.39 is 0 Å². The maximum Gasteiger partial charge on any atom is 0.132 e. The van der Waals surface area contributed by atoms with Crippen molar-refractivity contribution >= 4 is 17.4 Å². The van der Waals surface area contributed by atoms with Gasteiger partial charge in [0.05, 0.1) is 0 Å². The third kappa shape index (κ3) is 4.50. The number of pyridine rings is 1. The van der Waals surface area contributed by atoms with Crippen molar-refractivity contribution in [3.05, 3.63) is 82.0 Å². The molecular formula is C23H25ClN4. The first kappa shape index (κ1) is 18.9. The minimum absolute atomic E-state index is 0.514.